The Bertz CT molecular complexity index is 1060. The number of aryl methyl sites for hydroxylation is 1. The fourth-order valence-electron chi connectivity index (χ4n) is 3.34. The smallest absolute Gasteiger partial charge is 0.338 e. The predicted molar refractivity (Wildman–Crippen MR) is 129 cm³/mol. The molecule has 0 saturated carbocycles. The van der Waals surface area contributed by atoms with Crippen molar-refractivity contribution in [2.45, 2.75) is 39.7 Å². The van der Waals surface area contributed by atoms with Crippen LogP contribution in [0.4, 0.5) is 11.4 Å². The first-order valence-electron chi connectivity index (χ1n) is 11.1. The number of ether oxygens (including phenoxy) is 1. The van der Waals surface area contributed by atoms with Crippen LogP contribution in [-0.4, -0.2) is 18.5 Å². The number of nitrogens with one attached hydrogen (secondary N) is 2. The molecule has 0 bridgehead atoms. The fourth-order valence-corrected chi connectivity index (χ4v) is 3.34. The van der Waals surface area contributed by atoms with Gasteiger partial charge in [-0.2, -0.15) is 0 Å². The molecule has 5 heteroatoms. The van der Waals surface area contributed by atoms with Gasteiger partial charge in [-0.1, -0.05) is 56.7 Å². The van der Waals surface area contributed by atoms with Gasteiger partial charge in [-0.3, -0.25) is 4.79 Å². The highest BCUT2D eigenvalue weighted by Gasteiger charge is 2.11. The highest BCUT2D eigenvalue weighted by Crippen LogP contribution is 2.18. The molecule has 0 heterocycles. The van der Waals surface area contributed by atoms with Crippen LogP contribution >= 0.6 is 0 Å². The number of anilines is 2. The quantitative estimate of drug-likeness (QED) is 0.303. The van der Waals surface area contributed by atoms with Gasteiger partial charge in [-0.05, 0) is 60.4 Å². The number of esters is 1. The van der Waals surface area contributed by atoms with Crippen molar-refractivity contribution in [1.82, 2.24) is 0 Å². The van der Waals surface area contributed by atoms with Gasteiger partial charge < -0.3 is 15.4 Å². The summed E-state index contributed by atoms with van der Waals surface area (Å²) in [6, 6.07) is 22.6. The van der Waals surface area contributed by atoms with Crippen molar-refractivity contribution in [2.24, 2.45) is 0 Å². The molecule has 0 atom stereocenters. The van der Waals surface area contributed by atoms with Crippen molar-refractivity contribution in [3.05, 3.63) is 95.1 Å². The van der Waals surface area contributed by atoms with Gasteiger partial charge in [0.05, 0.1) is 12.2 Å². The molecule has 166 valence electrons. The number of unbranched alkanes of at least 4 members (excludes halogenated alkanes) is 1. The molecule has 0 aromatic heterocycles. The number of carbonyl (C=O) groups excluding carboxylic acids is 2. The third-order valence-corrected chi connectivity index (χ3v) is 5.16. The lowest BCUT2D eigenvalue weighted by molar-refractivity contribution is 0.0499. The second-order valence-corrected chi connectivity index (χ2v) is 7.59. The molecule has 3 rings (SSSR count). The molecule has 0 aliphatic carbocycles. The number of benzene rings is 3. The highest BCUT2D eigenvalue weighted by molar-refractivity contribution is 6.05. The molecule has 0 unspecified atom stereocenters. The molecular weight excluding hydrogens is 400 g/mol. The van der Waals surface area contributed by atoms with Crippen molar-refractivity contribution in [2.75, 3.05) is 17.2 Å². The first-order valence-corrected chi connectivity index (χ1v) is 11.1. The fraction of sp³-hybridized carbons (Fsp3) is 0.259. The Morgan fingerprint density at radius 3 is 2.47 bits per heavy atom. The van der Waals surface area contributed by atoms with Crippen LogP contribution in [0, 0.1) is 0 Å². The first kappa shape index (κ1) is 23.1. The normalized spacial score (nSPS) is 10.4. The molecule has 0 fully saturated rings. The molecule has 5 nitrogen and oxygen atoms in total. The van der Waals surface area contributed by atoms with E-state index in [1.165, 1.54) is 5.56 Å². The van der Waals surface area contributed by atoms with Gasteiger partial charge in [0.25, 0.3) is 5.91 Å². The number of rotatable bonds is 10. The minimum absolute atomic E-state index is 0.225. The lowest BCUT2D eigenvalue weighted by Gasteiger charge is -2.12. The average molecular weight is 431 g/mol. The van der Waals surface area contributed by atoms with Crippen molar-refractivity contribution in [3.8, 4) is 0 Å². The van der Waals surface area contributed by atoms with E-state index in [0.29, 0.717) is 30.0 Å². The van der Waals surface area contributed by atoms with E-state index in [4.69, 9.17) is 4.74 Å². The third-order valence-electron chi connectivity index (χ3n) is 5.16. The molecular formula is C27H30N2O3. The van der Waals surface area contributed by atoms with E-state index >= 15 is 0 Å². The molecule has 3 aromatic carbocycles. The number of para-hydroxylation sites is 1. The van der Waals surface area contributed by atoms with E-state index in [-0.39, 0.29) is 11.9 Å². The van der Waals surface area contributed by atoms with E-state index in [1.54, 1.807) is 30.3 Å². The zero-order valence-electron chi connectivity index (χ0n) is 18.7. The summed E-state index contributed by atoms with van der Waals surface area (Å²) in [5.41, 5.74) is 4.91. The highest BCUT2D eigenvalue weighted by atomic mass is 16.5. The van der Waals surface area contributed by atoms with E-state index in [1.807, 2.05) is 37.3 Å². The van der Waals surface area contributed by atoms with Crippen LogP contribution in [0.1, 0.15) is 58.5 Å². The van der Waals surface area contributed by atoms with E-state index in [2.05, 4.69) is 29.7 Å². The van der Waals surface area contributed by atoms with Crippen molar-refractivity contribution in [1.29, 1.82) is 0 Å². The van der Waals surface area contributed by atoms with Gasteiger partial charge in [0.2, 0.25) is 0 Å². The molecule has 2 N–H and O–H groups in total. The summed E-state index contributed by atoms with van der Waals surface area (Å²) in [5.74, 6) is -0.604. The Morgan fingerprint density at radius 1 is 0.875 bits per heavy atom. The van der Waals surface area contributed by atoms with Gasteiger partial charge in [-0.15, -0.1) is 0 Å². The molecule has 0 aliphatic heterocycles. The van der Waals surface area contributed by atoms with Gasteiger partial charge in [0.1, 0.15) is 0 Å². The predicted octanol–water partition coefficient (Wildman–Crippen LogP) is 6.07. The third kappa shape index (κ3) is 6.45. The van der Waals surface area contributed by atoms with Crippen molar-refractivity contribution in [3.63, 3.8) is 0 Å². The minimum atomic E-state index is -0.380. The summed E-state index contributed by atoms with van der Waals surface area (Å²) in [5, 5.41) is 6.33. The van der Waals surface area contributed by atoms with Gasteiger partial charge in [0, 0.05) is 23.5 Å². The Hall–Kier alpha value is -3.60. The molecule has 32 heavy (non-hydrogen) atoms. The topological polar surface area (TPSA) is 67.4 Å². The van der Waals surface area contributed by atoms with Gasteiger partial charge >= 0.3 is 5.97 Å². The molecule has 3 aromatic rings. The van der Waals surface area contributed by atoms with Crippen LogP contribution in [-0.2, 0) is 17.7 Å². The van der Waals surface area contributed by atoms with Gasteiger partial charge in [-0.25, -0.2) is 4.79 Å². The molecule has 0 aliphatic rings. The van der Waals surface area contributed by atoms with E-state index in [0.717, 1.165) is 30.5 Å². The minimum Gasteiger partial charge on any atom is -0.462 e. The lowest BCUT2D eigenvalue weighted by Crippen LogP contribution is -2.13. The second-order valence-electron chi connectivity index (χ2n) is 7.59. The summed E-state index contributed by atoms with van der Waals surface area (Å²) in [6.07, 6.45) is 2.75. The Labute approximate surface area is 189 Å². The molecule has 0 spiro atoms. The molecule has 0 radical (unpaired) electrons. The van der Waals surface area contributed by atoms with Crippen molar-refractivity contribution >= 4 is 23.3 Å². The average Bonchev–Trinajstić information content (AvgIpc) is 2.83. The Balaban J connectivity index is 1.63. The summed E-state index contributed by atoms with van der Waals surface area (Å²) >= 11 is 0. The van der Waals surface area contributed by atoms with E-state index < -0.39 is 0 Å². The summed E-state index contributed by atoms with van der Waals surface area (Å²) in [7, 11) is 0. The maximum atomic E-state index is 12.8. The first-order chi connectivity index (χ1) is 15.6. The number of amides is 1. The van der Waals surface area contributed by atoms with Crippen LogP contribution in [0.15, 0.2) is 72.8 Å². The number of carbonyl (C=O) groups is 2. The van der Waals surface area contributed by atoms with Crippen LogP contribution in [0.25, 0.3) is 0 Å². The van der Waals surface area contributed by atoms with Crippen LogP contribution in [0.3, 0.4) is 0 Å². The molecule has 1 amide bonds. The summed E-state index contributed by atoms with van der Waals surface area (Å²) < 4.78 is 5.25. The number of hydrogen-bond donors (Lipinski definition) is 2. The zero-order chi connectivity index (χ0) is 22.8. The maximum absolute atomic E-state index is 12.8. The van der Waals surface area contributed by atoms with Crippen molar-refractivity contribution < 1.29 is 14.3 Å². The standard InChI is InChI=1S/C27H30N2O3/c1-3-5-16-32-27(31)23-13-9-14-24(18-23)29-26(30)22-12-8-10-20(17-22)19-28-25-15-7-6-11-21(25)4-2/h6-15,17-18,28H,3-5,16,19H2,1-2H3,(H,29,30). The Kier molecular flexibility index (Phi) is 8.44. The summed E-state index contributed by atoms with van der Waals surface area (Å²) in [6.45, 7) is 5.19. The molecule has 0 saturated heterocycles. The number of hydrogen-bond acceptors (Lipinski definition) is 4. The Morgan fingerprint density at radius 2 is 1.66 bits per heavy atom. The second kappa shape index (κ2) is 11.7. The largest absolute Gasteiger partial charge is 0.462 e. The SMILES string of the molecule is CCCCOC(=O)c1cccc(NC(=O)c2cccc(CNc3ccccc3CC)c2)c1. The summed E-state index contributed by atoms with van der Waals surface area (Å²) in [4.78, 5) is 25.0. The zero-order valence-corrected chi connectivity index (χ0v) is 18.7. The van der Waals surface area contributed by atoms with Crippen LogP contribution in [0.2, 0.25) is 0 Å². The van der Waals surface area contributed by atoms with Gasteiger partial charge in [0.15, 0.2) is 0 Å². The van der Waals surface area contributed by atoms with E-state index in [9.17, 15) is 9.59 Å². The van der Waals surface area contributed by atoms with Crippen LogP contribution in [0.5, 0.6) is 0 Å². The van der Waals surface area contributed by atoms with Crippen LogP contribution < -0.4 is 10.6 Å². The monoisotopic (exact) mass is 430 g/mol. The maximum Gasteiger partial charge on any atom is 0.338 e. The lowest BCUT2D eigenvalue weighted by atomic mass is 10.1.